The summed E-state index contributed by atoms with van der Waals surface area (Å²) in [6.07, 6.45) is 3.13. The van der Waals surface area contributed by atoms with Crippen LogP contribution in [0.5, 0.6) is 0 Å². The Morgan fingerprint density at radius 1 is 1.08 bits per heavy atom. The van der Waals surface area contributed by atoms with E-state index >= 15 is 0 Å². The Balaban J connectivity index is 1.28. The number of piperidine rings is 1. The minimum absolute atomic E-state index is 0.0728. The fraction of sp³-hybridized carbons (Fsp3) is 0.360. The molecule has 0 saturated carbocycles. The molecule has 0 spiro atoms. The lowest BCUT2D eigenvalue weighted by molar-refractivity contribution is -0.136. The Morgan fingerprint density at radius 2 is 1.86 bits per heavy atom. The summed E-state index contributed by atoms with van der Waals surface area (Å²) in [5.41, 5.74) is 1.46. The molecule has 3 heterocycles. The number of unbranched alkanes of at least 4 members (excludes halogenated alkanes) is 1. The molecular formula is C25H28N6O5. The summed E-state index contributed by atoms with van der Waals surface area (Å²) in [6.45, 7) is 0.995. The molecule has 1 aromatic carbocycles. The van der Waals surface area contributed by atoms with Gasteiger partial charge in [-0.3, -0.25) is 34.2 Å². The van der Waals surface area contributed by atoms with Crippen LogP contribution in [0.4, 0.5) is 11.5 Å². The van der Waals surface area contributed by atoms with E-state index in [-0.39, 0.29) is 29.9 Å². The van der Waals surface area contributed by atoms with Crippen molar-refractivity contribution in [1.29, 1.82) is 0 Å². The maximum absolute atomic E-state index is 13.1. The Bertz CT molecular complexity index is 1210. The van der Waals surface area contributed by atoms with E-state index in [9.17, 15) is 24.0 Å². The van der Waals surface area contributed by atoms with Crippen molar-refractivity contribution in [3.05, 3.63) is 53.2 Å². The number of carbonyl (C=O) groups is 5. The van der Waals surface area contributed by atoms with Gasteiger partial charge in [-0.1, -0.05) is 6.07 Å². The van der Waals surface area contributed by atoms with E-state index in [0.29, 0.717) is 37.2 Å². The lowest BCUT2D eigenvalue weighted by Gasteiger charge is -2.27. The highest BCUT2D eigenvalue weighted by atomic mass is 16.2. The first-order chi connectivity index (χ1) is 17.3. The van der Waals surface area contributed by atoms with Gasteiger partial charge < -0.3 is 15.5 Å². The van der Waals surface area contributed by atoms with Crippen molar-refractivity contribution in [3.63, 3.8) is 0 Å². The van der Waals surface area contributed by atoms with Crippen LogP contribution in [0.25, 0.3) is 0 Å². The van der Waals surface area contributed by atoms with Crippen LogP contribution in [0.2, 0.25) is 0 Å². The quantitative estimate of drug-likeness (QED) is 0.350. The molecule has 1 unspecified atom stereocenters. The summed E-state index contributed by atoms with van der Waals surface area (Å²) < 4.78 is 0. The molecule has 11 heteroatoms. The number of fused-ring (bicyclic) bond motifs is 1. The number of rotatable bonds is 9. The van der Waals surface area contributed by atoms with Crippen molar-refractivity contribution < 1.29 is 24.0 Å². The average Bonchev–Trinajstić information content (AvgIpc) is 3.11. The SMILES string of the molecule is CN(C)c1ccc(C(=O)NCCCCNc2cccc3c2C(=O)N(C2CCC(=O)NC2=O)C3=O)cn1. The molecule has 1 atom stereocenters. The van der Waals surface area contributed by atoms with Crippen molar-refractivity contribution in [2.75, 3.05) is 37.4 Å². The predicted molar refractivity (Wildman–Crippen MR) is 132 cm³/mol. The van der Waals surface area contributed by atoms with Gasteiger partial charge in [0, 0.05) is 45.5 Å². The van der Waals surface area contributed by atoms with E-state index in [0.717, 1.165) is 10.7 Å². The summed E-state index contributed by atoms with van der Waals surface area (Å²) in [4.78, 5) is 69.0. The molecule has 2 aliphatic rings. The molecule has 4 rings (SSSR count). The Kier molecular flexibility index (Phi) is 7.28. The zero-order valence-electron chi connectivity index (χ0n) is 20.2. The Hall–Kier alpha value is -4.28. The number of hydrogen-bond donors (Lipinski definition) is 3. The first-order valence-electron chi connectivity index (χ1n) is 11.8. The van der Waals surface area contributed by atoms with E-state index in [1.54, 1.807) is 36.5 Å². The average molecular weight is 493 g/mol. The van der Waals surface area contributed by atoms with Gasteiger partial charge in [0.2, 0.25) is 11.8 Å². The Morgan fingerprint density at radius 3 is 2.56 bits per heavy atom. The monoisotopic (exact) mass is 492 g/mol. The zero-order valence-corrected chi connectivity index (χ0v) is 20.2. The number of carbonyl (C=O) groups excluding carboxylic acids is 5. The normalized spacial score (nSPS) is 17.1. The number of nitrogens with zero attached hydrogens (tertiary/aromatic N) is 3. The molecular weight excluding hydrogens is 464 g/mol. The maximum Gasteiger partial charge on any atom is 0.264 e. The van der Waals surface area contributed by atoms with Crippen LogP contribution in [0.15, 0.2) is 36.5 Å². The summed E-state index contributed by atoms with van der Waals surface area (Å²) in [5, 5.41) is 8.25. The molecule has 2 aliphatic heterocycles. The van der Waals surface area contributed by atoms with Gasteiger partial charge in [0.1, 0.15) is 11.9 Å². The highest BCUT2D eigenvalue weighted by Crippen LogP contribution is 2.32. The molecule has 188 valence electrons. The standard InChI is InChI=1S/C25H28N6O5/c1-30(2)19-10-8-15(14-28-19)22(33)27-13-4-3-12-26-17-7-5-6-16-21(17)25(36)31(24(16)35)18-9-11-20(32)29-23(18)34/h5-8,10,14,18,26H,3-4,9,11-13H2,1-2H3,(H,27,33)(H,29,32,34). The fourth-order valence-electron chi connectivity index (χ4n) is 4.22. The number of imide groups is 2. The largest absolute Gasteiger partial charge is 0.384 e. The number of anilines is 2. The first kappa shape index (κ1) is 24.8. The third kappa shape index (κ3) is 5.04. The van der Waals surface area contributed by atoms with Crippen molar-refractivity contribution >= 4 is 41.0 Å². The van der Waals surface area contributed by atoms with E-state index in [1.807, 2.05) is 19.0 Å². The van der Waals surface area contributed by atoms with E-state index in [2.05, 4.69) is 20.9 Å². The lowest BCUT2D eigenvalue weighted by atomic mass is 10.0. The summed E-state index contributed by atoms with van der Waals surface area (Å²) in [7, 11) is 3.75. The van der Waals surface area contributed by atoms with Crippen LogP contribution >= 0.6 is 0 Å². The van der Waals surface area contributed by atoms with Crippen molar-refractivity contribution in [2.24, 2.45) is 0 Å². The van der Waals surface area contributed by atoms with Gasteiger partial charge in [-0.05, 0) is 43.5 Å². The van der Waals surface area contributed by atoms with Gasteiger partial charge in [0.05, 0.1) is 16.7 Å². The van der Waals surface area contributed by atoms with Gasteiger partial charge in [0.25, 0.3) is 17.7 Å². The van der Waals surface area contributed by atoms with Gasteiger partial charge in [0.15, 0.2) is 0 Å². The van der Waals surface area contributed by atoms with E-state index in [4.69, 9.17) is 0 Å². The smallest absolute Gasteiger partial charge is 0.264 e. The summed E-state index contributed by atoms with van der Waals surface area (Å²) in [5.74, 6) is -1.56. The molecule has 1 fully saturated rings. The topological polar surface area (TPSA) is 141 Å². The van der Waals surface area contributed by atoms with Crippen molar-refractivity contribution in [1.82, 2.24) is 20.5 Å². The first-order valence-corrected chi connectivity index (χ1v) is 11.8. The summed E-state index contributed by atoms with van der Waals surface area (Å²) in [6, 6.07) is 7.46. The number of amides is 5. The predicted octanol–water partition coefficient (Wildman–Crippen LogP) is 1.17. The molecule has 0 bridgehead atoms. The van der Waals surface area contributed by atoms with Crippen LogP contribution < -0.4 is 20.9 Å². The highest BCUT2D eigenvalue weighted by Gasteiger charge is 2.45. The Labute approximate surface area is 208 Å². The molecule has 36 heavy (non-hydrogen) atoms. The second-order valence-electron chi connectivity index (χ2n) is 8.86. The molecule has 0 aliphatic carbocycles. The molecule has 3 N–H and O–H groups in total. The molecule has 1 aromatic heterocycles. The minimum Gasteiger partial charge on any atom is -0.384 e. The fourth-order valence-corrected chi connectivity index (χ4v) is 4.22. The van der Waals surface area contributed by atoms with Gasteiger partial charge >= 0.3 is 0 Å². The van der Waals surface area contributed by atoms with Crippen molar-refractivity contribution in [3.8, 4) is 0 Å². The van der Waals surface area contributed by atoms with Crippen LogP contribution in [-0.2, 0) is 9.59 Å². The molecule has 5 amide bonds. The molecule has 1 saturated heterocycles. The highest BCUT2D eigenvalue weighted by molar-refractivity contribution is 6.25. The minimum atomic E-state index is -0.999. The molecule has 0 radical (unpaired) electrons. The number of benzene rings is 1. The number of aromatic nitrogens is 1. The van der Waals surface area contributed by atoms with Crippen LogP contribution in [0, 0.1) is 0 Å². The lowest BCUT2D eigenvalue weighted by Crippen LogP contribution is -2.54. The maximum atomic E-state index is 13.1. The molecule has 2 aromatic rings. The van der Waals surface area contributed by atoms with Crippen LogP contribution in [0.3, 0.4) is 0 Å². The number of nitrogens with one attached hydrogen (secondary N) is 3. The van der Waals surface area contributed by atoms with Crippen molar-refractivity contribution in [2.45, 2.75) is 31.7 Å². The van der Waals surface area contributed by atoms with Crippen LogP contribution in [0.1, 0.15) is 56.8 Å². The number of hydrogen-bond acceptors (Lipinski definition) is 8. The number of pyridine rings is 1. The third-order valence-corrected chi connectivity index (χ3v) is 6.14. The zero-order chi connectivity index (χ0) is 25.8. The summed E-state index contributed by atoms with van der Waals surface area (Å²) >= 11 is 0. The van der Waals surface area contributed by atoms with Crippen LogP contribution in [-0.4, -0.2) is 72.6 Å². The second kappa shape index (κ2) is 10.5. The molecule has 11 nitrogen and oxygen atoms in total. The van der Waals surface area contributed by atoms with Gasteiger partial charge in [-0.15, -0.1) is 0 Å². The van der Waals surface area contributed by atoms with E-state index in [1.165, 1.54) is 0 Å². The third-order valence-electron chi connectivity index (χ3n) is 6.14. The van der Waals surface area contributed by atoms with Gasteiger partial charge in [-0.25, -0.2) is 4.98 Å². The second-order valence-corrected chi connectivity index (χ2v) is 8.86. The van der Waals surface area contributed by atoms with E-state index < -0.39 is 29.7 Å². The van der Waals surface area contributed by atoms with Gasteiger partial charge in [-0.2, -0.15) is 0 Å².